The second-order valence-corrected chi connectivity index (χ2v) is 19.1. The molecule has 0 heterocycles. The van der Waals surface area contributed by atoms with Gasteiger partial charge in [0.25, 0.3) is 5.91 Å². The van der Waals surface area contributed by atoms with Gasteiger partial charge in [0.05, 0.1) is 33.4 Å². The summed E-state index contributed by atoms with van der Waals surface area (Å²) in [5.41, 5.74) is -0.776. The van der Waals surface area contributed by atoms with E-state index in [2.05, 4.69) is 17.0 Å². The van der Waals surface area contributed by atoms with Crippen LogP contribution in [0.25, 0.3) is 0 Å². The maximum atomic E-state index is 13.8. The van der Waals surface area contributed by atoms with E-state index >= 15 is 0 Å². The smallest absolute Gasteiger partial charge is 0.338 e. The predicted molar refractivity (Wildman–Crippen MR) is 219 cm³/mol. The third-order valence-electron chi connectivity index (χ3n) is 8.81. The Hall–Kier alpha value is -4.47. The van der Waals surface area contributed by atoms with Crippen LogP contribution in [-0.4, -0.2) is 70.7 Å². The van der Waals surface area contributed by atoms with Gasteiger partial charge in [-0.3, -0.25) is 9.59 Å². The van der Waals surface area contributed by atoms with E-state index in [4.69, 9.17) is 14.2 Å². The summed E-state index contributed by atoms with van der Waals surface area (Å²) in [6.45, 7) is 10.5. The van der Waals surface area contributed by atoms with Gasteiger partial charge in [-0.1, -0.05) is 72.6 Å². The highest BCUT2D eigenvalue weighted by molar-refractivity contribution is 7.91. The molecule has 0 aromatic heterocycles. The van der Waals surface area contributed by atoms with Gasteiger partial charge >= 0.3 is 5.97 Å². The molecule has 3 aromatic rings. The SMILES string of the molecule is CCCCCCCCCCC(CNS(C)(=O)=O)OC(=O)c1ccc(NC(=O)C(Oc2ccc(S(=O)(=O)c3ccc(O)cc3)cc2)C(=O)C(C)(C)C)c(OC(C)C)c1. The van der Waals surface area contributed by atoms with Crippen LogP contribution in [0.5, 0.6) is 17.2 Å². The number of phenolic OH excluding ortho intramolecular Hbond substituents is 1. The maximum absolute atomic E-state index is 13.8. The number of aromatic hydroxyl groups is 1. The molecule has 0 spiro atoms. The zero-order chi connectivity index (χ0) is 42.4. The molecule has 0 aliphatic carbocycles. The Morgan fingerprint density at radius 1 is 0.772 bits per heavy atom. The summed E-state index contributed by atoms with van der Waals surface area (Å²) in [7, 11) is -7.47. The van der Waals surface area contributed by atoms with Crippen LogP contribution < -0.4 is 19.5 Å². The Labute approximate surface area is 337 Å². The summed E-state index contributed by atoms with van der Waals surface area (Å²) < 4.78 is 70.0. The first-order chi connectivity index (χ1) is 26.7. The summed E-state index contributed by atoms with van der Waals surface area (Å²) in [6, 6.07) is 14.6. The van der Waals surface area contributed by atoms with E-state index in [1.54, 1.807) is 34.6 Å². The summed E-state index contributed by atoms with van der Waals surface area (Å²) >= 11 is 0. The molecule has 3 N–H and O–H groups in total. The molecule has 3 rings (SSSR count). The van der Waals surface area contributed by atoms with Gasteiger partial charge in [-0.25, -0.2) is 26.4 Å². The van der Waals surface area contributed by atoms with E-state index in [0.29, 0.717) is 6.42 Å². The molecule has 0 saturated carbocycles. The molecule has 57 heavy (non-hydrogen) atoms. The topological polar surface area (TPSA) is 191 Å². The number of rotatable bonds is 23. The van der Waals surface area contributed by atoms with Crippen LogP contribution in [0.3, 0.4) is 0 Å². The van der Waals surface area contributed by atoms with Crippen molar-refractivity contribution in [2.24, 2.45) is 5.41 Å². The van der Waals surface area contributed by atoms with Gasteiger partial charge in [0.1, 0.15) is 23.4 Å². The fourth-order valence-corrected chi connectivity index (χ4v) is 7.44. The van der Waals surface area contributed by atoms with Gasteiger partial charge in [-0.15, -0.1) is 0 Å². The van der Waals surface area contributed by atoms with Crippen molar-refractivity contribution in [2.75, 3.05) is 18.1 Å². The number of nitrogens with one attached hydrogen (secondary N) is 2. The lowest BCUT2D eigenvalue weighted by atomic mass is 9.87. The van der Waals surface area contributed by atoms with Crippen LogP contribution >= 0.6 is 0 Å². The van der Waals surface area contributed by atoms with Gasteiger partial charge in [-0.2, -0.15) is 0 Å². The molecule has 0 aliphatic rings. The predicted octanol–water partition coefficient (Wildman–Crippen LogP) is 7.62. The molecule has 3 aromatic carbocycles. The molecule has 314 valence electrons. The summed E-state index contributed by atoms with van der Waals surface area (Å²) in [5, 5.41) is 12.2. The number of phenols is 1. The van der Waals surface area contributed by atoms with Gasteiger partial charge in [0.15, 0.2) is 5.78 Å². The molecule has 1 amide bonds. The van der Waals surface area contributed by atoms with Crippen LogP contribution in [0.2, 0.25) is 0 Å². The van der Waals surface area contributed by atoms with Crippen LogP contribution in [0, 0.1) is 5.41 Å². The first kappa shape index (κ1) is 46.9. The zero-order valence-corrected chi connectivity index (χ0v) is 35.6. The third-order valence-corrected chi connectivity index (χ3v) is 11.3. The number of anilines is 1. The minimum atomic E-state index is -3.94. The summed E-state index contributed by atoms with van der Waals surface area (Å²) in [4.78, 5) is 40.8. The Morgan fingerprint density at radius 3 is 1.88 bits per heavy atom. The molecule has 0 bridgehead atoms. The van der Waals surface area contributed by atoms with E-state index in [1.165, 1.54) is 92.4 Å². The standard InChI is InChI=1S/C42H58N2O11S2/c1-8-9-10-11-12-13-14-15-16-33(28-43-56(7,49)50)55-41(48)30-17-26-36(37(27-30)53-29(2)3)44-40(47)38(39(46)42(4,5)6)54-32-20-24-35(25-21-32)57(51,52)34-22-18-31(45)19-23-34/h17-27,29,33,38,43,45H,8-16,28H2,1-7H3,(H,44,47). The zero-order valence-electron chi connectivity index (χ0n) is 34.0. The fraction of sp³-hybridized carbons (Fsp3) is 0.500. The van der Waals surface area contributed by atoms with E-state index in [9.17, 15) is 36.3 Å². The molecule has 0 aliphatic heterocycles. The number of ketones is 1. The van der Waals surface area contributed by atoms with E-state index in [1.807, 2.05) is 0 Å². The lowest BCUT2D eigenvalue weighted by Crippen LogP contribution is -2.45. The maximum Gasteiger partial charge on any atom is 0.338 e. The van der Waals surface area contributed by atoms with Crippen molar-refractivity contribution in [3.63, 3.8) is 0 Å². The fourth-order valence-electron chi connectivity index (χ4n) is 5.69. The number of sulfone groups is 1. The molecular formula is C42H58N2O11S2. The number of sulfonamides is 1. The molecule has 0 radical (unpaired) electrons. The second kappa shape index (κ2) is 21.3. The van der Waals surface area contributed by atoms with Crippen LogP contribution in [0.4, 0.5) is 5.69 Å². The van der Waals surface area contributed by atoms with E-state index in [0.717, 1.165) is 31.9 Å². The van der Waals surface area contributed by atoms with Crippen molar-refractivity contribution in [1.29, 1.82) is 0 Å². The highest BCUT2D eigenvalue weighted by atomic mass is 32.2. The van der Waals surface area contributed by atoms with Gasteiger partial charge < -0.3 is 24.6 Å². The number of carbonyl (C=O) groups excluding carboxylic acids is 3. The van der Waals surface area contributed by atoms with E-state index in [-0.39, 0.29) is 50.9 Å². The lowest BCUT2D eigenvalue weighted by molar-refractivity contribution is -0.140. The number of carbonyl (C=O) groups is 3. The van der Waals surface area contributed by atoms with Crippen molar-refractivity contribution >= 4 is 43.2 Å². The Morgan fingerprint density at radius 2 is 1.33 bits per heavy atom. The lowest BCUT2D eigenvalue weighted by Gasteiger charge is -2.25. The summed E-state index contributed by atoms with van der Waals surface area (Å²) in [5.74, 6) is -2.01. The largest absolute Gasteiger partial charge is 0.508 e. The first-order valence-electron chi connectivity index (χ1n) is 19.3. The number of hydrogen-bond acceptors (Lipinski definition) is 11. The number of Topliss-reactive ketones (excluding diaryl/α,β-unsaturated/α-hetero) is 1. The first-order valence-corrected chi connectivity index (χ1v) is 22.7. The van der Waals surface area contributed by atoms with Crippen molar-refractivity contribution in [3.8, 4) is 17.2 Å². The number of amides is 1. The molecule has 2 atom stereocenters. The monoisotopic (exact) mass is 830 g/mol. The average molecular weight is 831 g/mol. The van der Waals surface area contributed by atoms with Crippen LogP contribution in [0.1, 0.15) is 110 Å². The second-order valence-electron chi connectivity index (χ2n) is 15.4. The van der Waals surface area contributed by atoms with E-state index < -0.39 is 55.1 Å². The number of unbranched alkanes of at least 4 members (excludes halogenated alkanes) is 7. The highest BCUT2D eigenvalue weighted by Crippen LogP contribution is 2.30. The number of ether oxygens (including phenoxy) is 3. The minimum absolute atomic E-state index is 0.0320. The average Bonchev–Trinajstić information content (AvgIpc) is 3.13. The summed E-state index contributed by atoms with van der Waals surface area (Å²) in [6.07, 6.45) is 7.35. The Balaban J connectivity index is 1.81. The molecule has 13 nitrogen and oxygen atoms in total. The molecule has 0 fully saturated rings. The van der Waals surface area contributed by atoms with Crippen molar-refractivity contribution in [3.05, 3.63) is 72.3 Å². The Bertz CT molecular complexity index is 2010. The quantitative estimate of drug-likeness (QED) is 0.0484. The number of esters is 1. The van der Waals surface area contributed by atoms with Crippen molar-refractivity contribution in [1.82, 2.24) is 4.72 Å². The number of benzene rings is 3. The molecule has 15 heteroatoms. The van der Waals surface area contributed by atoms with Crippen molar-refractivity contribution in [2.45, 2.75) is 127 Å². The van der Waals surface area contributed by atoms with Crippen LogP contribution in [0.15, 0.2) is 76.5 Å². The highest BCUT2D eigenvalue weighted by Gasteiger charge is 2.37. The van der Waals surface area contributed by atoms with Gasteiger partial charge in [0.2, 0.25) is 26.0 Å². The van der Waals surface area contributed by atoms with Gasteiger partial charge in [0, 0.05) is 12.0 Å². The molecule has 2 unspecified atom stereocenters. The third kappa shape index (κ3) is 15.4. The number of hydrogen-bond donors (Lipinski definition) is 3. The minimum Gasteiger partial charge on any atom is -0.508 e. The van der Waals surface area contributed by atoms with Gasteiger partial charge in [-0.05, 0) is 93.4 Å². The molecule has 0 saturated heterocycles. The van der Waals surface area contributed by atoms with Crippen LogP contribution in [-0.2, 0) is 34.2 Å². The van der Waals surface area contributed by atoms with Crippen molar-refractivity contribution < 1.29 is 50.5 Å². The normalized spacial score (nSPS) is 13.1. The molecular weight excluding hydrogens is 773 g/mol. The Kier molecular flexibility index (Phi) is 17.6.